The molecule has 9 heteroatoms. The highest BCUT2D eigenvalue weighted by molar-refractivity contribution is 7.98. The number of phenols is 1. The Morgan fingerprint density at radius 1 is 1.28 bits per heavy atom. The lowest BCUT2D eigenvalue weighted by Crippen LogP contribution is -2.19. The summed E-state index contributed by atoms with van der Waals surface area (Å²) < 4.78 is 6.92. The minimum absolute atomic E-state index is 0.0321. The molecule has 0 fully saturated rings. The fraction of sp³-hybridized carbons (Fsp3) is 0.200. The Morgan fingerprint density at radius 3 is 2.66 bits per heavy atom. The van der Waals surface area contributed by atoms with Gasteiger partial charge < -0.3 is 14.4 Å². The third-order valence-electron chi connectivity index (χ3n) is 4.17. The SMILES string of the molecule is COc1ccc(/C(C)=N/NC(=O)c2ccc(CSc3nncn3C)cc2)c(O)c1. The molecular formula is C20H21N5O3S. The monoisotopic (exact) mass is 411 g/mol. The van der Waals surface area contributed by atoms with Crippen molar-refractivity contribution in [2.24, 2.45) is 12.1 Å². The Hall–Kier alpha value is -3.33. The Morgan fingerprint density at radius 2 is 2.03 bits per heavy atom. The van der Waals surface area contributed by atoms with Crippen molar-refractivity contribution in [1.82, 2.24) is 20.2 Å². The fourth-order valence-electron chi connectivity index (χ4n) is 2.51. The first-order chi connectivity index (χ1) is 14.0. The number of methoxy groups -OCH3 is 1. The summed E-state index contributed by atoms with van der Waals surface area (Å²) in [5, 5.41) is 22.8. The van der Waals surface area contributed by atoms with Gasteiger partial charge in [0, 0.05) is 30.0 Å². The van der Waals surface area contributed by atoms with E-state index in [1.54, 1.807) is 49.3 Å². The van der Waals surface area contributed by atoms with Gasteiger partial charge in [0.2, 0.25) is 0 Å². The summed E-state index contributed by atoms with van der Waals surface area (Å²) in [7, 11) is 3.42. The highest BCUT2D eigenvalue weighted by Crippen LogP contribution is 2.24. The number of nitrogens with zero attached hydrogens (tertiary/aromatic N) is 4. The van der Waals surface area contributed by atoms with Crippen molar-refractivity contribution in [2.45, 2.75) is 17.8 Å². The molecule has 0 unspecified atom stereocenters. The van der Waals surface area contributed by atoms with Crippen molar-refractivity contribution in [2.75, 3.05) is 7.11 Å². The number of aryl methyl sites for hydroxylation is 1. The molecule has 0 aliphatic rings. The molecule has 1 heterocycles. The topological polar surface area (TPSA) is 102 Å². The van der Waals surface area contributed by atoms with E-state index in [4.69, 9.17) is 4.74 Å². The average molecular weight is 411 g/mol. The predicted octanol–water partition coefficient (Wildman–Crippen LogP) is 2.98. The van der Waals surface area contributed by atoms with E-state index in [0.29, 0.717) is 22.6 Å². The van der Waals surface area contributed by atoms with Gasteiger partial charge in [0.1, 0.15) is 17.8 Å². The number of aromatic hydroxyl groups is 1. The summed E-state index contributed by atoms with van der Waals surface area (Å²) in [6.07, 6.45) is 1.66. The number of carbonyl (C=O) groups is 1. The molecule has 0 saturated carbocycles. The number of aromatic nitrogens is 3. The molecule has 150 valence electrons. The van der Waals surface area contributed by atoms with Crippen LogP contribution in [0.15, 0.2) is 59.0 Å². The molecule has 0 bridgehead atoms. The molecule has 29 heavy (non-hydrogen) atoms. The lowest BCUT2D eigenvalue weighted by molar-refractivity contribution is 0.0955. The third kappa shape index (κ3) is 5.14. The van der Waals surface area contributed by atoms with Crippen LogP contribution in [0.4, 0.5) is 0 Å². The minimum atomic E-state index is -0.329. The van der Waals surface area contributed by atoms with Crippen LogP contribution in [-0.4, -0.2) is 38.6 Å². The molecule has 0 saturated heterocycles. The van der Waals surface area contributed by atoms with Crippen molar-refractivity contribution in [3.05, 3.63) is 65.5 Å². The number of ether oxygens (including phenoxy) is 1. The highest BCUT2D eigenvalue weighted by atomic mass is 32.2. The van der Waals surface area contributed by atoms with Crippen molar-refractivity contribution in [3.63, 3.8) is 0 Å². The summed E-state index contributed by atoms with van der Waals surface area (Å²) in [5.41, 5.74) is 5.07. The molecule has 2 N–H and O–H groups in total. The van der Waals surface area contributed by atoms with E-state index in [1.165, 1.54) is 13.2 Å². The van der Waals surface area contributed by atoms with Gasteiger partial charge in [-0.1, -0.05) is 23.9 Å². The number of thioether (sulfide) groups is 1. The Labute approximate surface area is 172 Å². The van der Waals surface area contributed by atoms with Crippen LogP contribution in [0, 0.1) is 0 Å². The lowest BCUT2D eigenvalue weighted by atomic mass is 10.1. The maximum absolute atomic E-state index is 12.3. The number of hydrogen-bond donors (Lipinski definition) is 2. The van der Waals surface area contributed by atoms with Gasteiger partial charge in [0.25, 0.3) is 5.91 Å². The first kappa shape index (κ1) is 20.4. The van der Waals surface area contributed by atoms with Crippen LogP contribution in [0.1, 0.15) is 28.4 Å². The maximum Gasteiger partial charge on any atom is 0.271 e. The number of nitrogens with one attached hydrogen (secondary N) is 1. The normalized spacial score (nSPS) is 11.3. The summed E-state index contributed by atoms with van der Waals surface area (Å²) >= 11 is 1.57. The molecule has 3 rings (SSSR count). The fourth-order valence-corrected chi connectivity index (χ4v) is 3.35. The zero-order valence-electron chi connectivity index (χ0n) is 16.3. The smallest absolute Gasteiger partial charge is 0.271 e. The second-order valence-electron chi connectivity index (χ2n) is 6.23. The van der Waals surface area contributed by atoms with Gasteiger partial charge in [-0.15, -0.1) is 10.2 Å². The van der Waals surface area contributed by atoms with Crippen molar-refractivity contribution in [3.8, 4) is 11.5 Å². The molecule has 0 aliphatic carbocycles. The van der Waals surface area contributed by atoms with Crippen molar-refractivity contribution < 1.29 is 14.6 Å². The van der Waals surface area contributed by atoms with E-state index in [-0.39, 0.29) is 11.7 Å². The van der Waals surface area contributed by atoms with Crippen LogP contribution in [-0.2, 0) is 12.8 Å². The summed E-state index contributed by atoms with van der Waals surface area (Å²) in [6.45, 7) is 1.70. The second kappa shape index (κ2) is 9.24. The number of amides is 1. The zero-order chi connectivity index (χ0) is 20.8. The Balaban J connectivity index is 1.60. The molecule has 0 atom stereocenters. The number of rotatable bonds is 7. The van der Waals surface area contributed by atoms with E-state index in [1.807, 2.05) is 23.7 Å². The van der Waals surface area contributed by atoms with Crippen LogP contribution >= 0.6 is 11.8 Å². The molecule has 0 aliphatic heterocycles. The van der Waals surface area contributed by atoms with Gasteiger partial charge in [0.05, 0.1) is 12.8 Å². The van der Waals surface area contributed by atoms with E-state index < -0.39 is 0 Å². The van der Waals surface area contributed by atoms with E-state index in [9.17, 15) is 9.90 Å². The first-order valence-electron chi connectivity index (χ1n) is 8.75. The first-order valence-corrected chi connectivity index (χ1v) is 9.74. The number of benzene rings is 2. The van der Waals surface area contributed by atoms with Gasteiger partial charge in [-0.05, 0) is 36.8 Å². The molecule has 1 aromatic heterocycles. The highest BCUT2D eigenvalue weighted by Gasteiger charge is 2.09. The lowest BCUT2D eigenvalue weighted by Gasteiger charge is -2.07. The number of phenolic OH excluding ortho intramolecular Hbond substituents is 1. The molecule has 8 nitrogen and oxygen atoms in total. The van der Waals surface area contributed by atoms with E-state index in [0.717, 1.165) is 16.5 Å². The number of hydrogen-bond acceptors (Lipinski definition) is 7. The predicted molar refractivity (Wildman–Crippen MR) is 111 cm³/mol. The average Bonchev–Trinajstić information content (AvgIpc) is 3.15. The molecule has 1 amide bonds. The molecule has 0 spiro atoms. The van der Waals surface area contributed by atoms with Crippen LogP contribution in [0.2, 0.25) is 0 Å². The number of carbonyl (C=O) groups excluding carboxylic acids is 1. The Bertz CT molecular complexity index is 1030. The molecule has 3 aromatic rings. The minimum Gasteiger partial charge on any atom is -0.507 e. The standard InChI is InChI=1S/C20H21N5O3S/c1-13(17-9-8-16(28-3)10-18(17)26)22-23-19(27)15-6-4-14(5-7-15)11-29-20-24-21-12-25(20)2/h4-10,12,26H,11H2,1-3H3,(H,23,27)/b22-13+. The summed E-state index contributed by atoms with van der Waals surface area (Å²) in [5.74, 6) is 0.970. The van der Waals surface area contributed by atoms with Gasteiger partial charge in [-0.25, -0.2) is 5.43 Å². The third-order valence-corrected chi connectivity index (χ3v) is 5.28. The van der Waals surface area contributed by atoms with Crippen LogP contribution in [0.25, 0.3) is 0 Å². The summed E-state index contributed by atoms with van der Waals surface area (Å²) in [6, 6.07) is 12.2. The quantitative estimate of drug-likeness (QED) is 0.352. The van der Waals surface area contributed by atoms with Gasteiger partial charge in [0.15, 0.2) is 5.16 Å². The van der Waals surface area contributed by atoms with Crippen LogP contribution < -0.4 is 10.2 Å². The maximum atomic E-state index is 12.3. The van der Waals surface area contributed by atoms with Gasteiger partial charge in [-0.2, -0.15) is 5.10 Å². The number of hydrazone groups is 1. The van der Waals surface area contributed by atoms with E-state index >= 15 is 0 Å². The van der Waals surface area contributed by atoms with Crippen molar-refractivity contribution in [1.29, 1.82) is 0 Å². The van der Waals surface area contributed by atoms with Crippen molar-refractivity contribution >= 4 is 23.4 Å². The molecule has 0 radical (unpaired) electrons. The van der Waals surface area contributed by atoms with E-state index in [2.05, 4.69) is 20.7 Å². The largest absolute Gasteiger partial charge is 0.507 e. The van der Waals surface area contributed by atoms with Gasteiger partial charge in [-0.3, -0.25) is 4.79 Å². The second-order valence-corrected chi connectivity index (χ2v) is 7.17. The molecular weight excluding hydrogens is 390 g/mol. The zero-order valence-corrected chi connectivity index (χ0v) is 17.1. The summed E-state index contributed by atoms with van der Waals surface area (Å²) in [4.78, 5) is 12.3. The van der Waals surface area contributed by atoms with Crippen LogP contribution in [0.5, 0.6) is 11.5 Å². The Kier molecular flexibility index (Phi) is 6.50. The van der Waals surface area contributed by atoms with Gasteiger partial charge >= 0.3 is 0 Å². The molecule has 2 aromatic carbocycles. The van der Waals surface area contributed by atoms with Crippen LogP contribution in [0.3, 0.4) is 0 Å².